The van der Waals surface area contributed by atoms with Crippen LogP contribution in [0.25, 0.3) is 0 Å². The van der Waals surface area contributed by atoms with Gasteiger partial charge in [0.2, 0.25) is 0 Å². The van der Waals surface area contributed by atoms with Crippen molar-refractivity contribution in [3.8, 4) is 0 Å². The van der Waals surface area contributed by atoms with Crippen LogP contribution >= 0.6 is 0 Å². The van der Waals surface area contributed by atoms with Crippen molar-refractivity contribution in [2.75, 3.05) is 14.2 Å². The highest BCUT2D eigenvalue weighted by Gasteiger charge is 2.49. The second-order valence-electron chi connectivity index (χ2n) is 8.32. The summed E-state index contributed by atoms with van der Waals surface area (Å²) in [6.45, 7) is 0. The maximum Gasteiger partial charge on any atom is 0.310 e. The maximum atomic E-state index is 12.6. The van der Waals surface area contributed by atoms with E-state index in [1.807, 2.05) is 12.1 Å². The fourth-order valence-electron chi connectivity index (χ4n) is 5.59. The number of hydrogen-bond acceptors (Lipinski definition) is 4. The molecule has 0 spiro atoms. The summed E-state index contributed by atoms with van der Waals surface area (Å²) >= 11 is 0. The lowest BCUT2D eigenvalue weighted by Crippen LogP contribution is -2.49. The molecule has 2 saturated heterocycles. The number of fused-ring (bicyclic) bond motifs is 2. The van der Waals surface area contributed by atoms with Crippen molar-refractivity contribution in [2.24, 2.45) is 11.8 Å². The summed E-state index contributed by atoms with van der Waals surface area (Å²) in [4.78, 5) is 27.5. The molecule has 1 saturated carbocycles. The third-order valence-electron chi connectivity index (χ3n) is 7.09. The molecule has 4 unspecified atom stereocenters. The lowest BCUT2D eigenvalue weighted by Gasteiger charge is -2.41. The minimum Gasteiger partial charge on any atom is -0.469 e. The van der Waals surface area contributed by atoms with Gasteiger partial charge >= 0.3 is 5.97 Å². The van der Waals surface area contributed by atoms with Crippen LogP contribution in [0, 0.1) is 11.8 Å². The molecule has 1 aliphatic carbocycles. The second kappa shape index (κ2) is 7.15. The quantitative estimate of drug-likeness (QED) is 0.609. The fourth-order valence-corrected chi connectivity index (χ4v) is 5.59. The van der Waals surface area contributed by atoms with Gasteiger partial charge in [0, 0.05) is 29.5 Å². The zero-order valence-electron chi connectivity index (χ0n) is 15.8. The molecule has 2 aliphatic heterocycles. The van der Waals surface area contributed by atoms with Crippen LogP contribution in [0.1, 0.15) is 66.8 Å². The number of benzene rings is 1. The molecule has 0 aromatic heterocycles. The van der Waals surface area contributed by atoms with Gasteiger partial charge in [0.25, 0.3) is 0 Å². The molecule has 4 rings (SSSR count). The van der Waals surface area contributed by atoms with E-state index in [4.69, 9.17) is 4.74 Å². The van der Waals surface area contributed by atoms with Crippen LogP contribution in [0.3, 0.4) is 0 Å². The van der Waals surface area contributed by atoms with Crippen molar-refractivity contribution in [1.82, 2.24) is 4.90 Å². The van der Waals surface area contributed by atoms with Gasteiger partial charge in [-0.3, -0.25) is 14.5 Å². The Hall–Kier alpha value is -1.68. The van der Waals surface area contributed by atoms with Crippen molar-refractivity contribution >= 4 is 11.8 Å². The van der Waals surface area contributed by atoms with E-state index in [9.17, 15) is 9.59 Å². The summed E-state index contributed by atoms with van der Waals surface area (Å²) in [7, 11) is 3.63. The smallest absolute Gasteiger partial charge is 0.310 e. The Bertz CT molecular complexity index is 677. The molecular formula is C22H29NO3. The van der Waals surface area contributed by atoms with Gasteiger partial charge in [0.05, 0.1) is 13.0 Å². The molecule has 0 N–H and O–H groups in total. The number of ether oxygens (including phenoxy) is 1. The third kappa shape index (κ3) is 2.98. The molecule has 0 amide bonds. The third-order valence-corrected chi connectivity index (χ3v) is 7.09. The Kier molecular flexibility index (Phi) is 4.87. The maximum absolute atomic E-state index is 12.6. The molecule has 2 bridgehead atoms. The van der Waals surface area contributed by atoms with E-state index in [1.54, 1.807) is 0 Å². The first-order valence-electron chi connectivity index (χ1n) is 10.0. The lowest BCUT2D eigenvalue weighted by atomic mass is 9.76. The number of rotatable bonds is 4. The number of methoxy groups -OCH3 is 1. The van der Waals surface area contributed by atoms with Crippen molar-refractivity contribution in [3.63, 3.8) is 0 Å². The summed E-state index contributed by atoms with van der Waals surface area (Å²) in [6, 6.07) is 8.92. The number of esters is 1. The number of carbonyl (C=O) groups excluding carboxylic acids is 2. The zero-order chi connectivity index (χ0) is 18.3. The highest BCUT2D eigenvalue weighted by Crippen LogP contribution is 2.46. The number of ketones is 1. The molecule has 4 heteroatoms. The Labute approximate surface area is 155 Å². The van der Waals surface area contributed by atoms with Crippen LogP contribution < -0.4 is 0 Å². The minimum absolute atomic E-state index is 0.0988. The van der Waals surface area contributed by atoms with Crippen molar-refractivity contribution < 1.29 is 14.3 Å². The summed E-state index contributed by atoms with van der Waals surface area (Å²) < 4.78 is 5.15. The summed E-state index contributed by atoms with van der Waals surface area (Å²) in [5.74, 6) is 0.482. The first-order chi connectivity index (χ1) is 12.6. The van der Waals surface area contributed by atoms with Gasteiger partial charge in [-0.2, -0.15) is 0 Å². The first kappa shape index (κ1) is 17.7. The van der Waals surface area contributed by atoms with Gasteiger partial charge in [0.15, 0.2) is 5.78 Å². The van der Waals surface area contributed by atoms with Crippen molar-refractivity contribution in [2.45, 2.75) is 62.9 Å². The molecule has 140 valence electrons. The van der Waals surface area contributed by atoms with E-state index in [2.05, 4.69) is 24.1 Å². The Morgan fingerprint density at radius 3 is 2.38 bits per heavy atom. The highest BCUT2D eigenvalue weighted by molar-refractivity contribution is 5.98. The predicted octanol–water partition coefficient (Wildman–Crippen LogP) is 3.80. The van der Waals surface area contributed by atoms with E-state index in [-0.39, 0.29) is 29.8 Å². The van der Waals surface area contributed by atoms with Gasteiger partial charge in [-0.25, -0.2) is 0 Å². The highest BCUT2D eigenvalue weighted by atomic mass is 16.5. The lowest BCUT2D eigenvalue weighted by molar-refractivity contribution is -0.150. The number of carbonyl (C=O) groups is 2. The predicted molar refractivity (Wildman–Crippen MR) is 100 cm³/mol. The monoisotopic (exact) mass is 355 g/mol. The van der Waals surface area contributed by atoms with E-state index in [1.165, 1.54) is 25.5 Å². The van der Waals surface area contributed by atoms with Crippen LogP contribution in [0.5, 0.6) is 0 Å². The molecule has 4 atom stereocenters. The molecule has 1 aromatic rings. The normalized spacial score (nSPS) is 31.9. The summed E-state index contributed by atoms with van der Waals surface area (Å²) in [6.07, 6.45) is 7.62. The van der Waals surface area contributed by atoms with Gasteiger partial charge < -0.3 is 4.74 Å². The zero-order valence-corrected chi connectivity index (χ0v) is 15.8. The van der Waals surface area contributed by atoms with E-state index in [0.717, 1.165) is 37.7 Å². The largest absolute Gasteiger partial charge is 0.469 e. The minimum atomic E-state index is -0.111. The molecule has 0 radical (unpaired) electrons. The van der Waals surface area contributed by atoms with Crippen molar-refractivity contribution in [3.05, 3.63) is 35.4 Å². The average Bonchev–Trinajstić information content (AvgIpc) is 3.27. The van der Waals surface area contributed by atoms with Gasteiger partial charge in [0.1, 0.15) is 0 Å². The van der Waals surface area contributed by atoms with Gasteiger partial charge in [-0.15, -0.1) is 0 Å². The molecule has 2 heterocycles. The molecule has 3 aliphatic rings. The van der Waals surface area contributed by atoms with E-state index in [0.29, 0.717) is 11.8 Å². The SMILES string of the molecule is COC(=O)C1C(c2ccc(C(=O)C3CCCC3)cc2)CC2CCC1N2C. The number of Topliss-reactive ketones (excluding diaryl/α,β-unsaturated/α-hetero) is 1. The molecular weight excluding hydrogens is 326 g/mol. The second-order valence-corrected chi connectivity index (χ2v) is 8.32. The Morgan fingerprint density at radius 1 is 1.04 bits per heavy atom. The number of nitrogens with zero attached hydrogens (tertiary/aromatic N) is 1. The topological polar surface area (TPSA) is 46.6 Å². The number of hydrogen-bond donors (Lipinski definition) is 0. The molecule has 4 nitrogen and oxygen atoms in total. The Morgan fingerprint density at radius 2 is 1.73 bits per heavy atom. The molecule has 3 fully saturated rings. The van der Waals surface area contributed by atoms with Crippen molar-refractivity contribution in [1.29, 1.82) is 0 Å². The van der Waals surface area contributed by atoms with Crippen LogP contribution in [-0.4, -0.2) is 42.9 Å². The van der Waals surface area contributed by atoms with Crippen LogP contribution in [0.15, 0.2) is 24.3 Å². The summed E-state index contributed by atoms with van der Waals surface area (Å²) in [5.41, 5.74) is 2.00. The standard InChI is InChI=1S/C22H29NO3/c1-23-17-11-12-19(23)20(22(25)26-2)18(13-17)14-7-9-16(10-8-14)21(24)15-5-3-4-6-15/h7-10,15,17-20H,3-6,11-13H2,1-2H3. The molecule has 26 heavy (non-hydrogen) atoms. The number of piperidine rings is 1. The Balaban J connectivity index is 1.57. The molecule has 1 aromatic carbocycles. The van der Waals surface area contributed by atoms with E-state index < -0.39 is 0 Å². The van der Waals surface area contributed by atoms with Crippen LogP contribution in [-0.2, 0) is 9.53 Å². The van der Waals surface area contributed by atoms with E-state index >= 15 is 0 Å². The first-order valence-corrected chi connectivity index (χ1v) is 10.0. The van der Waals surface area contributed by atoms with Gasteiger partial charge in [-0.05, 0) is 44.7 Å². The van der Waals surface area contributed by atoms with Crippen LogP contribution in [0.4, 0.5) is 0 Å². The summed E-state index contributed by atoms with van der Waals surface area (Å²) in [5, 5.41) is 0. The fraction of sp³-hybridized carbons (Fsp3) is 0.636. The van der Waals surface area contributed by atoms with Gasteiger partial charge in [-0.1, -0.05) is 37.1 Å². The van der Waals surface area contributed by atoms with Crippen LogP contribution in [0.2, 0.25) is 0 Å². The average molecular weight is 355 g/mol.